The van der Waals surface area contributed by atoms with E-state index in [1.54, 1.807) is 43.3 Å². The zero-order valence-electron chi connectivity index (χ0n) is 15.4. The highest BCUT2D eigenvalue weighted by molar-refractivity contribution is 6.23. The number of benzene rings is 2. The molecule has 1 unspecified atom stereocenters. The Morgan fingerprint density at radius 3 is 2.43 bits per heavy atom. The van der Waals surface area contributed by atoms with Gasteiger partial charge in [-0.25, -0.2) is 5.43 Å². The van der Waals surface area contributed by atoms with Crippen molar-refractivity contribution in [1.82, 2.24) is 5.43 Å². The zero-order chi connectivity index (χ0) is 20.1. The van der Waals surface area contributed by atoms with E-state index in [0.717, 1.165) is 0 Å². The van der Waals surface area contributed by atoms with Gasteiger partial charge in [-0.15, -0.1) is 0 Å². The SMILES string of the molecule is CC(=O)Nc1ccc(C(=O)NN=CC2C(=O)N(c3ccccc3)N=C2C)cc1. The molecule has 8 nitrogen and oxygen atoms in total. The first-order valence-electron chi connectivity index (χ1n) is 8.61. The maximum absolute atomic E-state index is 12.6. The van der Waals surface area contributed by atoms with Crippen molar-refractivity contribution in [2.75, 3.05) is 10.3 Å². The Hall–Kier alpha value is -3.81. The third-order valence-corrected chi connectivity index (χ3v) is 4.04. The summed E-state index contributed by atoms with van der Waals surface area (Å²) in [4.78, 5) is 35.7. The highest BCUT2D eigenvalue weighted by atomic mass is 16.2. The van der Waals surface area contributed by atoms with Crippen molar-refractivity contribution in [2.45, 2.75) is 13.8 Å². The number of rotatable bonds is 5. The molecular formula is C20H19N5O3. The Kier molecular flexibility index (Phi) is 5.59. The summed E-state index contributed by atoms with van der Waals surface area (Å²) >= 11 is 0. The van der Waals surface area contributed by atoms with E-state index in [9.17, 15) is 14.4 Å². The minimum absolute atomic E-state index is 0.190. The van der Waals surface area contributed by atoms with Crippen LogP contribution in [0, 0.1) is 5.92 Å². The molecule has 8 heteroatoms. The van der Waals surface area contributed by atoms with Gasteiger partial charge in [0.15, 0.2) is 0 Å². The number of carbonyl (C=O) groups is 3. The summed E-state index contributed by atoms with van der Waals surface area (Å²) in [5.41, 5.74) is 4.63. The van der Waals surface area contributed by atoms with E-state index in [1.165, 1.54) is 18.1 Å². The van der Waals surface area contributed by atoms with E-state index < -0.39 is 11.8 Å². The lowest BCUT2D eigenvalue weighted by Gasteiger charge is -2.12. The largest absolute Gasteiger partial charge is 0.326 e. The highest BCUT2D eigenvalue weighted by Gasteiger charge is 2.33. The number of nitrogens with one attached hydrogen (secondary N) is 2. The van der Waals surface area contributed by atoms with Gasteiger partial charge in [0.1, 0.15) is 5.92 Å². The Morgan fingerprint density at radius 2 is 1.79 bits per heavy atom. The van der Waals surface area contributed by atoms with E-state index >= 15 is 0 Å². The Labute approximate surface area is 161 Å². The first kappa shape index (κ1) is 19.0. The quantitative estimate of drug-likeness (QED) is 0.618. The van der Waals surface area contributed by atoms with Crippen LogP contribution in [0.1, 0.15) is 24.2 Å². The summed E-state index contributed by atoms with van der Waals surface area (Å²) in [7, 11) is 0. The third-order valence-electron chi connectivity index (χ3n) is 4.04. The first-order valence-corrected chi connectivity index (χ1v) is 8.61. The summed E-state index contributed by atoms with van der Waals surface area (Å²) in [5.74, 6) is -1.49. The van der Waals surface area contributed by atoms with E-state index in [4.69, 9.17) is 0 Å². The van der Waals surface area contributed by atoms with E-state index in [1.807, 2.05) is 18.2 Å². The van der Waals surface area contributed by atoms with Crippen LogP contribution in [0.4, 0.5) is 11.4 Å². The lowest BCUT2D eigenvalue weighted by Crippen LogP contribution is -2.29. The lowest BCUT2D eigenvalue weighted by atomic mass is 10.1. The molecule has 2 aromatic rings. The summed E-state index contributed by atoms with van der Waals surface area (Å²) in [5, 5.41) is 12.1. The van der Waals surface area contributed by atoms with Gasteiger partial charge in [-0.3, -0.25) is 14.4 Å². The molecular weight excluding hydrogens is 358 g/mol. The van der Waals surface area contributed by atoms with Gasteiger partial charge in [0.2, 0.25) is 5.91 Å². The van der Waals surface area contributed by atoms with Crippen LogP contribution < -0.4 is 15.8 Å². The second kappa shape index (κ2) is 8.26. The molecule has 0 fully saturated rings. The number of carbonyl (C=O) groups excluding carboxylic acids is 3. The monoisotopic (exact) mass is 377 g/mol. The summed E-state index contributed by atoms with van der Waals surface area (Å²) in [6, 6.07) is 15.5. The molecule has 0 saturated heterocycles. The molecule has 1 heterocycles. The molecule has 0 aliphatic carbocycles. The van der Waals surface area contributed by atoms with Crippen molar-refractivity contribution in [3.05, 3.63) is 60.2 Å². The highest BCUT2D eigenvalue weighted by Crippen LogP contribution is 2.22. The number of para-hydroxylation sites is 1. The van der Waals surface area contributed by atoms with E-state index in [-0.39, 0.29) is 11.8 Å². The molecule has 2 aromatic carbocycles. The number of anilines is 2. The van der Waals surface area contributed by atoms with Gasteiger partial charge in [-0.2, -0.15) is 15.2 Å². The van der Waals surface area contributed by atoms with Gasteiger partial charge in [0.05, 0.1) is 11.4 Å². The van der Waals surface area contributed by atoms with Gasteiger partial charge in [0, 0.05) is 24.4 Å². The number of hydrogen-bond acceptors (Lipinski definition) is 5. The van der Waals surface area contributed by atoms with Crippen LogP contribution in [0.25, 0.3) is 0 Å². The molecule has 0 radical (unpaired) electrons. The summed E-state index contributed by atoms with van der Waals surface area (Å²) in [6.45, 7) is 3.14. The summed E-state index contributed by atoms with van der Waals surface area (Å²) < 4.78 is 0. The molecule has 0 spiro atoms. The number of nitrogens with zero attached hydrogens (tertiary/aromatic N) is 3. The molecule has 0 aromatic heterocycles. The average Bonchev–Trinajstić information content (AvgIpc) is 2.97. The van der Waals surface area contributed by atoms with Gasteiger partial charge < -0.3 is 5.32 Å². The fourth-order valence-electron chi connectivity index (χ4n) is 2.65. The Balaban J connectivity index is 1.61. The Bertz CT molecular complexity index is 952. The molecule has 3 rings (SSSR count). The third kappa shape index (κ3) is 4.29. The molecule has 28 heavy (non-hydrogen) atoms. The normalized spacial score (nSPS) is 16.2. The smallest absolute Gasteiger partial charge is 0.271 e. The van der Waals surface area contributed by atoms with Gasteiger partial charge in [-0.1, -0.05) is 18.2 Å². The van der Waals surface area contributed by atoms with Crippen LogP contribution in [0.15, 0.2) is 64.8 Å². The van der Waals surface area contributed by atoms with Crippen LogP contribution in [-0.2, 0) is 9.59 Å². The fraction of sp³-hybridized carbons (Fsp3) is 0.150. The topological polar surface area (TPSA) is 103 Å². The lowest BCUT2D eigenvalue weighted by molar-refractivity contribution is -0.118. The molecule has 0 saturated carbocycles. The number of hydrogen-bond donors (Lipinski definition) is 2. The predicted molar refractivity (Wildman–Crippen MR) is 107 cm³/mol. The molecule has 142 valence electrons. The van der Waals surface area contributed by atoms with Crippen LogP contribution >= 0.6 is 0 Å². The number of amides is 3. The second-order valence-corrected chi connectivity index (χ2v) is 6.18. The predicted octanol–water partition coefficient (Wildman–Crippen LogP) is 2.40. The van der Waals surface area contributed by atoms with E-state index in [0.29, 0.717) is 22.6 Å². The van der Waals surface area contributed by atoms with Crippen molar-refractivity contribution in [1.29, 1.82) is 0 Å². The maximum atomic E-state index is 12.6. The molecule has 3 amide bonds. The first-order chi connectivity index (χ1) is 13.5. The minimum Gasteiger partial charge on any atom is -0.326 e. The molecule has 1 aliphatic rings. The van der Waals surface area contributed by atoms with Crippen molar-refractivity contribution in [3.63, 3.8) is 0 Å². The van der Waals surface area contributed by atoms with Crippen LogP contribution in [0.5, 0.6) is 0 Å². The van der Waals surface area contributed by atoms with Crippen LogP contribution in [0.3, 0.4) is 0 Å². The number of hydrazone groups is 2. The second-order valence-electron chi connectivity index (χ2n) is 6.18. The van der Waals surface area contributed by atoms with Crippen molar-refractivity contribution in [3.8, 4) is 0 Å². The standard InChI is InChI=1S/C20H19N5O3/c1-13-18(20(28)25(24-13)17-6-4-3-5-7-17)12-21-23-19(27)15-8-10-16(11-9-15)22-14(2)26/h3-12,18H,1-2H3,(H,22,26)(H,23,27). The average molecular weight is 377 g/mol. The minimum atomic E-state index is -0.636. The van der Waals surface area contributed by atoms with Crippen molar-refractivity contribution < 1.29 is 14.4 Å². The van der Waals surface area contributed by atoms with Gasteiger partial charge in [0.25, 0.3) is 11.8 Å². The maximum Gasteiger partial charge on any atom is 0.271 e. The van der Waals surface area contributed by atoms with E-state index in [2.05, 4.69) is 20.9 Å². The van der Waals surface area contributed by atoms with Gasteiger partial charge in [-0.05, 0) is 43.3 Å². The Morgan fingerprint density at radius 1 is 1.11 bits per heavy atom. The van der Waals surface area contributed by atoms with Crippen LogP contribution in [0.2, 0.25) is 0 Å². The molecule has 1 atom stereocenters. The van der Waals surface area contributed by atoms with Crippen LogP contribution in [-0.4, -0.2) is 29.6 Å². The molecule has 2 N–H and O–H groups in total. The summed E-state index contributed by atoms with van der Waals surface area (Å²) in [6.07, 6.45) is 1.37. The van der Waals surface area contributed by atoms with Gasteiger partial charge >= 0.3 is 0 Å². The zero-order valence-corrected chi connectivity index (χ0v) is 15.4. The van der Waals surface area contributed by atoms with Crippen molar-refractivity contribution in [2.24, 2.45) is 16.1 Å². The molecule has 0 bridgehead atoms. The molecule has 1 aliphatic heterocycles. The fourth-order valence-corrected chi connectivity index (χ4v) is 2.65. The van der Waals surface area contributed by atoms with Crippen molar-refractivity contribution >= 4 is 41.0 Å².